The van der Waals surface area contributed by atoms with Gasteiger partial charge in [-0.3, -0.25) is 0 Å². The normalized spacial score (nSPS) is 10.3. The molecule has 6 heteroatoms. The first-order chi connectivity index (χ1) is 9.76. The quantitative estimate of drug-likeness (QED) is 0.629. The molecule has 1 aromatic heterocycles. The highest BCUT2D eigenvalue weighted by Gasteiger charge is 2.05. The lowest BCUT2D eigenvalue weighted by atomic mass is 10.1. The maximum absolute atomic E-state index is 5.75. The van der Waals surface area contributed by atoms with E-state index in [1.54, 1.807) is 18.1 Å². The van der Waals surface area contributed by atoms with Crippen molar-refractivity contribution in [2.45, 2.75) is 18.5 Å². The van der Waals surface area contributed by atoms with Gasteiger partial charge in [-0.15, -0.1) is 11.8 Å². The molecule has 106 valence electrons. The fraction of sp³-hybridized carbons (Fsp3) is 0.286. The minimum absolute atomic E-state index is 0.435. The second-order valence-corrected chi connectivity index (χ2v) is 4.86. The second-order valence-electron chi connectivity index (χ2n) is 4.03. The molecule has 0 aliphatic carbocycles. The van der Waals surface area contributed by atoms with Gasteiger partial charge in [0, 0.05) is 23.9 Å². The second kappa shape index (κ2) is 7.12. The summed E-state index contributed by atoms with van der Waals surface area (Å²) in [5.74, 6) is 1.59. The van der Waals surface area contributed by atoms with Gasteiger partial charge in [0.05, 0.1) is 6.61 Å². The number of thioether (sulfide) groups is 1. The number of anilines is 2. The van der Waals surface area contributed by atoms with Gasteiger partial charge in [0.1, 0.15) is 22.9 Å². The lowest BCUT2D eigenvalue weighted by molar-refractivity contribution is 0.336. The lowest BCUT2D eigenvalue weighted by Gasteiger charge is -2.12. The van der Waals surface area contributed by atoms with Crippen molar-refractivity contribution in [3.8, 4) is 5.75 Å². The average Bonchev–Trinajstić information content (AvgIpc) is 2.49. The first-order valence-corrected chi connectivity index (χ1v) is 7.58. The van der Waals surface area contributed by atoms with E-state index in [0.29, 0.717) is 13.2 Å². The van der Waals surface area contributed by atoms with Crippen LogP contribution in [0.5, 0.6) is 5.75 Å². The molecular weight excluding hydrogens is 272 g/mol. The number of hydrogen-bond donors (Lipinski definition) is 2. The number of nitrogens with one attached hydrogen (secondary N) is 1. The molecule has 0 amide bonds. The van der Waals surface area contributed by atoms with Crippen molar-refractivity contribution < 1.29 is 4.74 Å². The maximum atomic E-state index is 5.75. The summed E-state index contributed by atoms with van der Waals surface area (Å²) in [6.07, 6.45) is 3.53. The Labute approximate surface area is 123 Å². The van der Waals surface area contributed by atoms with Crippen molar-refractivity contribution in [3.63, 3.8) is 0 Å². The highest BCUT2D eigenvalue weighted by Crippen LogP contribution is 2.25. The van der Waals surface area contributed by atoms with Crippen LogP contribution in [0.4, 0.5) is 11.5 Å². The van der Waals surface area contributed by atoms with Crippen molar-refractivity contribution in [3.05, 3.63) is 36.2 Å². The molecule has 2 rings (SSSR count). The van der Waals surface area contributed by atoms with Gasteiger partial charge in [0.15, 0.2) is 0 Å². The summed E-state index contributed by atoms with van der Waals surface area (Å²) in [5, 5.41) is 4.17. The number of ether oxygens (including phenoxy) is 1. The van der Waals surface area contributed by atoms with E-state index in [1.165, 1.54) is 0 Å². The van der Waals surface area contributed by atoms with Crippen molar-refractivity contribution in [2.75, 3.05) is 18.2 Å². The van der Waals surface area contributed by atoms with Gasteiger partial charge in [-0.25, -0.2) is 9.97 Å². The molecule has 0 fully saturated rings. The van der Waals surface area contributed by atoms with E-state index in [-0.39, 0.29) is 0 Å². The predicted molar refractivity (Wildman–Crippen MR) is 82.6 cm³/mol. The van der Waals surface area contributed by atoms with Crippen LogP contribution in [0, 0.1) is 0 Å². The van der Waals surface area contributed by atoms with Gasteiger partial charge in [-0.2, -0.15) is 0 Å². The molecule has 0 bridgehead atoms. The van der Waals surface area contributed by atoms with Gasteiger partial charge in [-0.05, 0) is 31.4 Å². The summed E-state index contributed by atoms with van der Waals surface area (Å²) < 4.78 is 5.53. The molecule has 0 saturated carbocycles. The Balaban J connectivity index is 2.20. The van der Waals surface area contributed by atoms with E-state index >= 15 is 0 Å². The fourth-order valence-electron chi connectivity index (χ4n) is 1.78. The van der Waals surface area contributed by atoms with Crippen molar-refractivity contribution in [1.29, 1.82) is 0 Å². The Morgan fingerprint density at radius 3 is 2.85 bits per heavy atom. The number of hydrogen-bond acceptors (Lipinski definition) is 6. The van der Waals surface area contributed by atoms with E-state index in [0.717, 1.165) is 27.8 Å². The van der Waals surface area contributed by atoms with E-state index in [1.807, 2.05) is 37.4 Å². The third kappa shape index (κ3) is 3.61. The average molecular weight is 290 g/mol. The maximum Gasteiger partial charge on any atom is 0.134 e. The molecule has 1 aromatic carbocycles. The first-order valence-electron chi connectivity index (χ1n) is 6.35. The Hall–Kier alpha value is -1.79. The molecule has 1 heterocycles. The standard InChI is InChI=1S/C14H18N4OS/c1-3-19-12-5-4-11(6-10(12)8-15)18-13-7-14(20-2)17-9-16-13/h4-7,9H,3,8,15H2,1-2H3,(H,16,17,18). The minimum atomic E-state index is 0.435. The molecule has 0 aliphatic heterocycles. The summed E-state index contributed by atoms with van der Waals surface area (Å²) in [5.41, 5.74) is 7.65. The number of nitrogens with two attached hydrogens (primary N) is 1. The molecule has 5 nitrogen and oxygen atoms in total. The minimum Gasteiger partial charge on any atom is -0.494 e. The van der Waals surface area contributed by atoms with Crippen LogP contribution in [0.15, 0.2) is 35.6 Å². The van der Waals surface area contributed by atoms with E-state index in [2.05, 4.69) is 15.3 Å². The van der Waals surface area contributed by atoms with E-state index in [9.17, 15) is 0 Å². The number of benzene rings is 1. The zero-order valence-electron chi connectivity index (χ0n) is 11.6. The van der Waals surface area contributed by atoms with Crippen LogP contribution >= 0.6 is 11.8 Å². The molecule has 0 atom stereocenters. The van der Waals surface area contributed by atoms with Gasteiger partial charge in [-0.1, -0.05) is 0 Å². The van der Waals surface area contributed by atoms with Crippen LogP contribution in [0.3, 0.4) is 0 Å². The summed E-state index contributed by atoms with van der Waals surface area (Å²) in [6.45, 7) is 3.02. The molecule has 3 N–H and O–H groups in total. The van der Waals surface area contributed by atoms with Gasteiger partial charge < -0.3 is 15.8 Å². The monoisotopic (exact) mass is 290 g/mol. The molecule has 0 radical (unpaired) electrons. The van der Waals surface area contributed by atoms with Crippen LogP contribution < -0.4 is 15.8 Å². The van der Waals surface area contributed by atoms with Gasteiger partial charge in [0.2, 0.25) is 0 Å². The highest BCUT2D eigenvalue weighted by molar-refractivity contribution is 7.98. The van der Waals surface area contributed by atoms with Gasteiger partial charge >= 0.3 is 0 Å². The van der Waals surface area contributed by atoms with Crippen LogP contribution in [0.2, 0.25) is 0 Å². The molecule has 0 saturated heterocycles. The summed E-state index contributed by atoms with van der Waals surface area (Å²) in [6, 6.07) is 7.75. The van der Waals surface area contributed by atoms with Crippen molar-refractivity contribution in [1.82, 2.24) is 9.97 Å². The van der Waals surface area contributed by atoms with Gasteiger partial charge in [0.25, 0.3) is 0 Å². The zero-order valence-corrected chi connectivity index (χ0v) is 12.4. The molecule has 2 aromatic rings. The van der Waals surface area contributed by atoms with Crippen LogP contribution in [0.25, 0.3) is 0 Å². The molecular formula is C14H18N4OS. The first kappa shape index (κ1) is 14.6. The summed E-state index contributed by atoms with van der Waals surface area (Å²) in [4.78, 5) is 8.34. The van der Waals surface area contributed by atoms with Crippen molar-refractivity contribution in [2.24, 2.45) is 5.73 Å². The topological polar surface area (TPSA) is 73.1 Å². The number of rotatable bonds is 6. The van der Waals surface area contributed by atoms with Crippen LogP contribution in [-0.2, 0) is 6.54 Å². The number of nitrogens with zero attached hydrogens (tertiary/aromatic N) is 2. The fourth-order valence-corrected chi connectivity index (χ4v) is 2.16. The largest absolute Gasteiger partial charge is 0.494 e. The highest BCUT2D eigenvalue weighted by atomic mass is 32.2. The van der Waals surface area contributed by atoms with Crippen molar-refractivity contribution >= 4 is 23.3 Å². The lowest BCUT2D eigenvalue weighted by Crippen LogP contribution is -2.03. The van der Waals surface area contributed by atoms with E-state index < -0.39 is 0 Å². The van der Waals surface area contributed by atoms with Crippen LogP contribution in [-0.4, -0.2) is 22.8 Å². The molecule has 0 spiro atoms. The smallest absolute Gasteiger partial charge is 0.134 e. The molecule has 0 aliphatic rings. The molecule has 0 unspecified atom stereocenters. The Morgan fingerprint density at radius 2 is 2.15 bits per heavy atom. The zero-order chi connectivity index (χ0) is 14.4. The Morgan fingerprint density at radius 1 is 1.30 bits per heavy atom. The third-order valence-corrected chi connectivity index (χ3v) is 3.35. The molecule has 20 heavy (non-hydrogen) atoms. The van der Waals surface area contributed by atoms with Crippen LogP contribution in [0.1, 0.15) is 12.5 Å². The SMILES string of the molecule is CCOc1ccc(Nc2cc(SC)ncn2)cc1CN. The van der Waals surface area contributed by atoms with E-state index in [4.69, 9.17) is 10.5 Å². The third-order valence-electron chi connectivity index (χ3n) is 2.70. The Kier molecular flexibility index (Phi) is 5.20. The number of aromatic nitrogens is 2. The summed E-state index contributed by atoms with van der Waals surface area (Å²) in [7, 11) is 0. The Bertz CT molecular complexity index is 577. The predicted octanol–water partition coefficient (Wildman–Crippen LogP) is 2.80. The summed E-state index contributed by atoms with van der Waals surface area (Å²) >= 11 is 1.58.